The summed E-state index contributed by atoms with van der Waals surface area (Å²) in [5.41, 5.74) is 0. The number of hydrogen-bond donors (Lipinski definition) is 0. The molecule has 0 radical (unpaired) electrons. The van der Waals surface area contributed by atoms with Crippen molar-refractivity contribution in [2.24, 2.45) is 5.92 Å². The molecule has 0 N–H and O–H groups in total. The van der Waals surface area contributed by atoms with Crippen molar-refractivity contribution in [3.05, 3.63) is 0 Å². The minimum Gasteiger partial charge on any atom is -0.300 e. The van der Waals surface area contributed by atoms with Gasteiger partial charge >= 0.3 is 0 Å². The summed E-state index contributed by atoms with van der Waals surface area (Å²) in [4.78, 5) is 11.4. The van der Waals surface area contributed by atoms with E-state index in [1.807, 2.05) is 0 Å². The molecule has 0 aromatic carbocycles. The van der Waals surface area contributed by atoms with Crippen molar-refractivity contribution in [3.8, 4) is 0 Å². The largest absolute Gasteiger partial charge is 0.300 e. The minimum absolute atomic E-state index is 0.167. The van der Waals surface area contributed by atoms with E-state index in [0.29, 0.717) is 25.2 Å². The number of rotatable bonds is 7. The fourth-order valence-corrected chi connectivity index (χ4v) is 2.63. The van der Waals surface area contributed by atoms with Gasteiger partial charge in [-0.15, -0.1) is 0 Å². The zero-order chi connectivity index (χ0) is 11.3. The van der Waals surface area contributed by atoms with E-state index in [2.05, 4.69) is 0 Å². The average Bonchev–Trinajstić information content (AvgIpc) is 2.11. The van der Waals surface area contributed by atoms with Gasteiger partial charge in [-0.05, 0) is 12.3 Å². The molecule has 15 heavy (non-hydrogen) atoms. The van der Waals surface area contributed by atoms with Gasteiger partial charge in [-0.1, -0.05) is 26.2 Å². The molecule has 4 heteroatoms. The molecule has 1 aliphatic rings. The number of ketones is 1. The fraction of sp³-hybridized carbons (Fsp3) is 0.909. The molecule has 3 nitrogen and oxygen atoms in total. The first-order valence-corrected chi connectivity index (χ1v) is 7.58. The van der Waals surface area contributed by atoms with Crippen LogP contribution in [0.1, 0.15) is 45.4 Å². The highest BCUT2D eigenvalue weighted by Crippen LogP contribution is 2.29. The van der Waals surface area contributed by atoms with Gasteiger partial charge in [0, 0.05) is 18.6 Å². The van der Waals surface area contributed by atoms with Crippen LogP contribution in [0.15, 0.2) is 0 Å². The number of sulfone groups is 1. The maximum atomic E-state index is 11.4. The summed E-state index contributed by atoms with van der Waals surface area (Å²) >= 11 is 0. The second-order valence-electron chi connectivity index (χ2n) is 4.38. The third kappa shape index (κ3) is 4.78. The molecule has 0 aromatic heterocycles. The summed E-state index contributed by atoms with van der Waals surface area (Å²) in [5, 5.41) is 0. The van der Waals surface area contributed by atoms with Crippen LogP contribution < -0.4 is 0 Å². The lowest BCUT2D eigenvalue weighted by Crippen LogP contribution is -2.16. The monoisotopic (exact) mass is 232 g/mol. The molecule has 88 valence electrons. The molecule has 1 saturated carbocycles. The highest BCUT2D eigenvalue weighted by Gasteiger charge is 2.20. The zero-order valence-electron chi connectivity index (χ0n) is 9.37. The zero-order valence-corrected chi connectivity index (χ0v) is 10.2. The van der Waals surface area contributed by atoms with E-state index in [4.69, 9.17) is 0 Å². The Labute approximate surface area is 92.2 Å². The normalized spacial score (nSPS) is 17.4. The molecule has 0 atom stereocenters. The van der Waals surface area contributed by atoms with Crippen molar-refractivity contribution < 1.29 is 13.2 Å². The Morgan fingerprint density at radius 2 is 2.00 bits per heavy atom. The van der Waals surface area contributed by atoms with E-state index in [-0.39, 0.29) is 17.3 Å². The summed E-state index contributed by atoms with van der Waals surface area (Å²) in [6.07, 6.45) is 5.23. The Bertz CT molecular complexity index is 302. The molecule has 0 aromatic rings. The van der Waals surface area contributed by atoms with Crippen molar-refractivity contribution >= 4 is 15.6 Å². The smallest absolute Gasteiger partial charge is 0.150 e. The Morgan fingerprint density at radius 3 is 2.47 bits per heavy atom. The lowest BCUT2D eigenvalue weighted by atomic mass is 9.81. The van der Waals surface area contributed by atoms with Gasteiger partial charge in [-0.25, -0.2) is 8.42 Å². The van der Waals surface area contributed by atoms with Crippen molar-refractivity contribution in [2.75, 3.05) is 11.5 Å². The molecule has 1 rings (SSSR count). The summed E-state index contributed by atoms with van der Waals surface area (Å²) in [6.45, 7) is 1.64. The predicted molar refractivity (Wildman–Crippen MR) is 60.5 cm³/mol. The first-order chi connectivity index (χ1) is 7.03. The van der Waals surface area contributed by atoms with E-state index >= 15 is 0 Å². The van der Waals surface area contributed by atoms with Gasteiger partial charge < -0.3 is 0 Å². The molecule has 0 amide bonds. The van der Waals surface area contributed by atoms with Crippen LogP contribution in [0.3, 0.4) is 0 Å². The van der Waals surface area contributed by atoms with Gasteiger partial charge in [-0.2, -0.15) is 0 Å². The Balaban J connectivity index is 2.11. The Hall–Kier alpha value is -0.380. The fourth-order valence-electron chi connectivity index (χ4n) is 1.75. The Kier molecular flexibility index (Phi) is 4.77. The van der Waals surface area contributed by atoms with E-state index in [0.717, 1.165) is 0 Å². The molecule has 1 aliphatic carbocycles. The van der Waals surface area contributed by atoms with Crippen molar-refractivity contribution in [3.63, 3.8) is 0 Å². The predicted octanol–water partition coefficient (Wildman–Crippen LogP) is 1.96. The first kappa shape index (κ1) is 12.7. The molecule has 0 unspecified atom stereocenters. The number of carbonyl (C=O) groups is 1. The van der Waals surface area contributed by atoms with E-state index < -0.39 is 9.84 Å². The van der Waals surface area contributed by atoms with Crippen LogP contribution in [0.25, 0.3) is 0 Å². The van der Waals surface area contributed by atoms with E-state index in [9.17, 15) is 13.2 Å². The van der Waals surface area contributed by atoms with Crippen LogP contribution in [-0.2, 0) is 14.6 Å². The van der Waals surface area contributed by atoms with Gasteiger partial charge in [0.2, 0.25) is 0 Å². The van der Waals surface area contributed by atoms with Crippen molar-refractivity contribution in [1.82, 2.24) is 0 Å². The molecule has 0 saturated heterocycles. The van der Waals surface area contributed by atoms with Gasteiger partial charge in [-0.3, -0.25) is 4.79 Å². The van der Waals surface area contributed by atoms with Gasteiger partial charge in [0.1, 0.15) is 15.6 Å². The maximum Gasteiger partial charge on any atom is 0.150 e. The van der Waals surface area contributed by atoms with Crippen LogP contribution in [0.4, 0.5) is 0 Å². The SMILES string of the molecule is CCS(=O)(=O)CCCC(=O)CC1CCC1. The van der Waals surface area contributed by atoms with Gasteiger partial charge in [0.25, 0.3) is 0 Å². The molecule has 0 spiro atoms. The highest BCUT2D eigenvalue weighted by molar-refractivity contribution is 7.91. The number of Topliss-reactive ketones (excluding diaryl/α,β-unsaturated/α-hetero) is 1. The highest BCUT2D eigenvalue weighted by atomic mass is 32.2. The third-order valence-electron chi connectivity index (χ3n) is 3.09. The lowest BCUT2D eigenvalue weighted by Gasteiger charge is -2.24. The molecule has 0 heterocycles. The topological polar surface area (TPSA) is 51.2 Å². The molecular formula is C11H20O3S. The number of hydrogen-bond acceptors (Lipinski definition) is 3. The summed E-state index contributed by atoms with van der Waals surface area (Å²) in [7, 11) is -2.89. The Morgan fingerprint density at radius 1 is 1.33 bits per heavy atom. The van der Waals surface area contributed by atoms with Crippen LogP contribution in [0.2, 0.25) is 0 Å². The molecule has 0 bridgehead atoms. The summed E-state index contributed by atoms with van der Waals surface area (Å²) in [6, 6.07) is 0. The van der Waals surface area contributed by atoms with E-state index in [1.165, 1.54) is 19.3 Å². The summed E-state index contributed by atoms with van der Waals surface area (Å²) in [5.74, 6) is 1.19. The van der Waals surface area contributed by atoms with Crippen molar-refractivity contribution in [2.45, 2.75) is 45.4 Å². The van der Waals surface area contributed by atoms with Crippen molar-refractivity contribution in [1.29, 1.82) is 0 Å². The standard InChI is InChI=1S/C11H20O3S/c1-2-15(13,14)8-4-7-11(12)9-10-5-3-6-10/h10H,2-9H2,1H3. The number of carbonyl (C=O) groups excluding carboxylic acids is 1. The maximum absolute atomic E-state index is 11.4. The van der Waals surface area contributed by atoms with Gasteiger partial charge in [0.15, 0.2) is 0 Å². The molecule has 0 aliphatic heterocycles. The average molecular weight is 232 g/mol. The second-order valence-corrected chi connectivity index (χ2v) is 6.85. The second kappa shape index (κ2) is 5.64. The van der Waals surface area contributed by atoms with Crippen LogP contribution in [0.5, 0.6) is 0 Å². The molecular weight excluding hydrogens is 212 g/mol. The van der Waals surface area contributed by atoms with Crippen LogP contribution in [0, 0.1) is 5.92 Å². The molecule has 1 fully saturated rings. The minimum atomic E-state index is -2.89. The third-order valence-corrected chi connectivity index (χ3v) is 4.88. The lowest BCUT2D eigenvalue weighted by molar-refractivity contribution is -0.120. The van der Waals surface area contributed by atoms with E-state index in [1.54, 1.807) is 6.92 Å². The van der Waals surface area contributed by atoms with Crippen LogP contribution in [-0.4, -0.2) is 25.7 Å². The summed E-state index contributed by atoms with van der Waals surface area (Å²) < 4.78 is 22.3. The van der Waals surface area contributed by atoms with Crippen LogP contribution >= 0.6 is 0 Å². The van der Waals surface area contributed by atoms with Gasteiger partial charge in [0.05, 0.1) is 5.75 Å². The quantitative estimate of drug-likeness (QED) is 0.674. The first-order valence-electron chi connectivity index (χ1n) is 5.75.